The number of fused-ring (bicyclic) bond motifs is 1. The highest BCUT2D eigenvalue weighted by molar-refractivity contribution is 5.30. The van der Waals surface area contributed by atoms with Crippen LogP contribution in [0, 0.1) is 5.92 Å². The summed E-state index contributed by atoms with van der Waals surface area (Å²) < 4.78 is 5.33. The summed E-state index contributed by atoms with van der Waals surface area (Å²) in [5, 5.41) is 3.67. The summed E-state index contributed by atoms with van der Waals surface area (Å²) in [7, 11) is 1.73. The number of methoxy groups -OCH3 is 1. The zero-order valence-electron chi connectivity index (χ0n) is 11.9. The second-order valence-corrected chi connectivity index (χ2v) is 5.87. The molecule has 1 unspecified atom stereocenters. The van der Waals surface area contributed by atoms with E-state index in [2.05, 4.69) is 35.3 Å². The van der Waals surface area contributed by atoms with E-state index < -0.39 is 0 Å². The molecule has 0 aliphatic carbocycles. The molecule has 2 aliphatic heterocycles. The van der Waals surface area contributed by atoms with Crippen molar-refractivity contribution in [2.24, 2.45) is 5.92 Å². The van der Waals surface area contributed by atoms with Gasteiger partial charge in [0.25, 0.3) is 0 Å². The Morgan fingerprint density at radius 3 is 3.05 bits per heavy atom. The van der Waals surface area contributed by atoms with Crippen LogP contribution in [0.5, 0.6) is 5.75 Å². The van der Waals surface area contributed by atoms with Gasteiger partial charge in [0, 0.05) is 25.2 Å². The number of piperidine rings is 1. The third-order valence-electron chi connectivity index (χ3n) is 4.75. The Balaban J connectivity index is 1.71. The lowest BCUT2D eigenvalue weighted by Crippen LogP contribution is -2.40. The second kappa shape index (κ2) is 5.51. The van der Waals surface area contributed by atoms with Crippen LogP contribution in [-0.4, -0.2) is 37.7 Å². The number of likely N-dealkylation sites (tertiary alicyclic amines) is 1. The van der Waals surface area contributed by atoms with Crippen LogP contribution < -0.4 is 10.1 Å². The lowest BCUT2D eigenvalue weighted by atomic mass is 9.94. The summed E-state index contributed by atoms with van der Waals surface area (Å²) in [5.74, 6) is 1.81. The molecule has 104 valence electrons. The molecule has 0 saturated carbocycles. The first-order chi connectivity index (χ1) is 9.28. The van der Waals surface area contributed by atoms with Gasteiger partial charge in [0.2, 0.25) is 0 Å². The summed E-state index contributed by atoms with van der Waals surface area (Å²) in [6, 6.07) is 9.67. The monoisotopic (exact) mass is 260 g/mol. The van der Waals surface area contributed by atoms with Gasteiger partial charge in [-0.15, -0.1) is 0 Å². The Labute approximate surface area is 115 Å². The maximum Gasteiger partial charge on any atom is 0.119 e. The summed E-state index contributed by atoms with van der Waals surface area (Å²) in [4.78, 5) is 2.61. The van der Waals surface area contributed by atoms with Crippen LogP contribution in [0.15, 0.2) is 24.3 Å². The van der Waals surface area contributed by atoms with E-state index in [0.717, 1.165) is 11.7 Å². The van der Waals surface area contributed by atoms with Crippen molar-refractivity contribution in [1.82, 2.24) is 10.2 Å². The Morgan fingerprint density at radius 1 is 1.37 bits per heavy atom. The van der Waals surface area contributed by atoms with Crippen LogP contribution in [0.2, 0.25) is 0 Å². The molecule has 0 bridgehead atoms. The molecule has 0 amide bonds. The topological polar surface area (TPSA) is 24.5 Å². The third-order valence-corrected chi connectivity index (χ3v) is 4.75. The van der Waals surface area contributed by atoms with Crippen LogP contribution in [0.25, 0.3) is 0 Å². The van der Waals surface area contributed by atoms with E-state index >= 15 is 0 Å². The highest BCUT2D eigenvalue weighted by atomic mass is 16.5. The van der Waals surface area contributed by atoms with Crippen LogP contribution in [0.4, 0.5) is 0 Å². The largest absolute Gasteiger partial charge is 0.497 e. The number of nitrogens with one attached hydrogen (secondary N) is 1. The van der Waals surface area contributed by atoms with Crippen molar-refractivity contribution >= 4 is 0 Å². The third kappa shape index (κ3) is 2.63. The number of benzene rings is 1. The van der Waals surface area contributed by atoms with Crippen LogP contribution >= 0.6 is 0 Å². The van der Waals surface area contributed by atoms with E-state index in [1.165, 1.54) is 38.0 Å². The molecule has 0 spiro atoms. The van der Waals surface area contributed by atoms with Gasteiger partial charge in [-0.2, -0.15) is 0 Å². The molecule has 3 nitrogen and oxygen atoms in total. The first-order valence-corrected chi connectivity index (χ1v) is 7.39. The molecule has 2 heterocycles. The first kappa shape index (κ1) is 12.9. The molecule has 19 heavy (non-hydrogen) atoms. The molecule has 2 aliphatic rings. The minimum Gasteiger partial charge on any atom is -0.497 e. The SMILES string of the molecule is COc1cccc(C(C)N2C[C@@H]3CCCN[C@@H]3C2)c1. The molecule has 3 rings (SSSR count). The van der Waals surface area contributed by atoms with Crippen molar-refractivity contribution in [3.63, 3.8) is 0 Å². The normalized spacial score (nSPS) is 28.9. The first-order valence-electron chi connectivity index (χ1n) is 7.39. The van der Waals surface area contributed by atoms with Crippen LogP contribution in [0.3, 0.4) is 0 Å². The minimum atomic E-state index is 0.475. The Bertz CT molecular complexity index is 421. The predicted molar refractivity (Wildman–Crippen MR) is 77.5 cm³/mol. The molecule has 2 saturated heterocycles. The van der Waals surface area contributed by atoms with Gasteiger partial charge in [-0.1, -0.05) is 12.1 Å². The van der Waals surface area contributed by atoms with Gasteiger partial charge in [0.15, 0.2) is 0 Å². The zero-order chi connectivity index (χ0) is 13.2. The minimum absolute atomic E-state index is 0.475. The molecule has 0 radical (unpaired) electrons. The smallest absolute Gasteiger partial charge is 0.119 e. The number of ether oxygens (including phenoxy) is 1. The average Bonchev–Trinajstić information content (AvgIpc) is 2.90. The van der Waals surface area contributed by atoms with Gasteiger partial charge in [0.05, 0.1) is 7.11 Å². The van der Waals surface area contributed by atoms with Gasteiger partial charge < -0.3 is 10.1 Å². The van der Waals surface area contributed by atoms with Crippen molar-refractivity contribution in [1.29, 1.82) is 0 Å². The molecular formula is C16H24N2O. The molecule has 3 heteroatoms. The maximum absolute atomic E-state index is 5.33. The van der Waals surface area contributed by atoms with Gasteiger partial charge in [-0.25, -0.2) is 0 Å². The van der Waals surface area contributed by atoms with E-state index in [9.17, 15) is 0 Å². The maximum atomic E-state index is 5.33. The lowest BCUT2D eigenvalue weighted by molar-refractivity contribution is 0.250. The molecule has 1 aromatic carbocycles. The quantitative estimate of drug-likeness (QED) is 0.903. The van der Waals surface area contributed by atoms with E-state index in [1.54, 1.807) is 7.11 Å². The Kier molecular flexibility index (Phi) is 3.76. The molecule has 1 N–H and O–H groups in total. The standard InChI is InChI=1S/C16H24N2O/c1-12(13-5-3-7-15(9-13)19-2)18-10-14-6-4-8-17-16(14)11-18/h3,5,7,9,12,14,16-17H,4,6,8,10-11H2,1-2H3/t12?,14-,16+/m0/s1. The second-order valence-electron chi connectivity index (χ2n) is 5.87. The van der Waals surface area contributed by atoms with Gasteiger partial charge in [-0.05, 0) is 49.9 Å². The van der Waals surface area contributed by atoms with Crippen molar-refractivity contribution in [3.8, 4) is 5.75 Å². The van der Waals surface area contributed by atoms with Crippen molar-refractivity contribution in [3.05, 3.63) is 29.8 Å². The van der Waals surface area contributed by atoms with E-state index in [4.69, 9.17) is 4.74 Å². The van der Waals surface area contributed by atoms with Gasteiger partial charge >= 0.3 is 0 Å². The van der Waals surface area contributed by atoms with Crippen molar-refractivity contribution in [2.45, 2.75) is 31.8 Å². The molecule has 3 atom stereocenters. The fraction of sp³-hybridized carbons (Fsp3) is 0.625. The molecule has 1 aromatic rings. The summed E-state index contributed by atoms with van der Waals surface area (Å²) in [6.45, 7) is 5.92. The summed E-state index contributed by atoms with van der Waals surface area (Å²) in [6.07, 6.45) is 2.72. The predicted octanol–water partition coefficient (Wildman–Crippen LogP) is 2.44. The Morgan fingerprint density at radius 2 is 2.26 bits per heavy atom. The number of rotatable bonds is 3. The zero-order valence-corrected chi connectivity index (χ0v) is 11.9. The highest BCUT2D eigenvalue weighted by Gasteiger charge is 2.36. The molecule has 0 aromatic heterocycles. The van der Waals surface area contributed by atoms with E-state index in [1.807, 2.05) is 6.07 Å². The van der Waals surface area contributed by atoms with Gasteiger partial charge in [0.1, 0.15) is 5.75 Å². The fourth-order valence-corrected chi connectivity index (χ4v) is 3.51. The van der Waals surface area contributed by atoms with Crippen LogP contribution in [-0.2, 0) is 0 Å². The Hall–Kier alpha value is -1.06. The fourth-order valence-electron chi connectivity index (χ4n) is 3.51. The number of hydrogen-bond donors (Lipinski definition) is 1. The lowest BCUT2D eigenvalue weighted by Gasteiger charge is -2.25. The summed E-state index contributed by atoms with van der Waals surface area (Å²) in [5.41, 5.74) is 1.36. The van der Waals surface area contributed by atoms with Crippen LogP contribution in [0.1, 0.15) is 31.4 Å². The summed E-state index contributed by atoms with van der Waals surface area (Å²) >= 11 is 0. The molecule has 2 fully saturated rings. The van der Waals surface area contributed by atoms with Crippen molar-refractivity contribution in [2.75, 3.05) is 26.7 Å². The average molecular weight is 260 g/mol. The van der Waals surface area contributed by atoms with E-state index in [0.29, 0.717) is 12.1 Å². The number of hydrogen-bond acceptors (Lipinski definition) is 3. The van der Waals surface area contributed by atoms with E-state index in [-0.39, 0.29) is 0 Å². The number of nitrogens with zero attached hydrogens (tertiary/aromatic N) is 1. The van der Waals surface area contributed by atoms with Gasteiger partial charge in [-0.3, -0.25) is 4.90 Å². The van der Waals surface area contributed by atoms with Crippen molar-refractivity contribution < 1.29 is 4.74 Å². The highest BCUT2D eigenvalue weighted by Crippen LogP contribution is 2.32. The molecular weight excluding hydrogens is 236 g/mol.